The Kier molecular flexibility index (Phi) is 4.46. The molecule has 1 aliphatic carbocycles. The van der Waals surface area contributed by atoms with Crippen molar-refractivity contribution in [3.05, 3.63) is 22.4 Å². The molecule has 1 saturated heterocycles. The van der Waals surface area contributed by atoms with Gasteiger partial charge in [0.15, 0.2) is 0 Å². The van der Waals surface area contributed by atoms with Gasteiger partial charge in [0.1, 0.15) is 0 Å². The number of ether oxygens (including phenoxy) is 1. The molecule has 2 aromatic rings. The van der Waals surface area contributed by atoms with Gasteiger partial charge < -0.3 is 9.15 Å². The first-order valence-corrected chi connectivity index (χ1v) is 9.37. The van der Waals surface area contributed by atoms with Crippen LogP contribution in [0, 0.1) is 0 Å². The maximum absolute atomic E-state index is 5.95. The largest absolute Gasteiger partial charge is 0.419 e. The van der Waals surface area contributed by atoms with Crippen LogP contribution in [0.5, 0.6) is 0 Å². The van der Waals surface area contributed by atoms with E-state index < -0.39 is 0 Å². The average molecular weight is 333 g/mol. The summed E-state index contributed by atoms with van der Waals surface area (Å²) in [5.41, 5.74) is 1.48. The number of aromatic nitrogens is 2. The minimum Gasteiger partial charge on any atom is -0.419 e. The van der Waals surface area contributed by atoms with Gasteiger partial charge in [-0.25, -0.2) is 0 Å². The fourth-order valence-electron chi connectivity index (χ4n) is 3.36. The fourth-order valence-corrected chi connectivity index (χ4v) is 4.54. The summed E-state index contributed by atoms with van der Waals surface area (Å²) >= 11 is 1.82. The van der Waals surface area contributed by atoms with Gasteiger partial charge in [0, 0.05) is 24.1 Å². The molecule has 124 valence electrons. The van der Waals surface area contributed by atoms with Crippen LogP contribution < -0.4 is 0 Å². The molecule has 2 aliphatic rings. The Morgan fingerprint density at radius 2 is 2.17 bits per heavy atom. The van der Waals surface area contributed by atoms with Crippen LogP contribution in [0.25, 0.3) is 10.8 Å². The van der Waals surface area contributed by atoms with Crippen LogP contribution in [-0.4, -0.2) is 40.9 Å². The van der Waals surface area contributed by atoms with Gasteiger partial charge in [-0.2, -0.15) is 0 Å². The molecule has 0 bridgehead atoms. The first kappa shape index (κ1) is 15.3. The number of hydrogen-bond acceptors (Lipinski definition) is 6. The number of aryl methyl sites for hydroxylation is 2. The number of nitrogens with zero attached hydrogens (tertiary/aromatic N) is 3. The predicted molar refractivity (Wildman–Crippen MR) is 89.6 cm³/mol. The molecule has 0 saturated carbocycles. The van der Waals surface area contributed by atoms with Crippen LogP contribution in [-0.2, 0) is 24.1 Å². The van der Waals surface area contributed by atoms with Crippen molar-refractivity contribution in [2.75, 3.05) is 19.8 Å². The zero-order valence-corrected chi connectivity index (χ0v) is 14.4. The quantitative estimate of drug-likeness (QED) is 0.863. The van der Waals surface area contributed by atoms with Crippen LogP contribution in [0.15, 0.2) is 10.5 Å². The second-order valence-electron chi connectivity index (χ2n) is 6.49. The van der Waals surface area contributed by atoms with Crippen LogP contribution >= 0.6 is 11.3 Å². The molecule has 2 aromatic heterocycles. The second-order valence-corrected chi connectivity index (χ2v) is 7.62. The monoisotopic (exact) mass is 333 g/mol. The van der Waals surface area contributed by atoms with E-state index in [1.165, 1.54) is 36.1 Å². The summed E-state index contributed by atoms with van der Waals surface area (Å²) in [6.07, 6.45) is 6.05. The molecule has 0 N–H and O–H groups in total. The summed E-state index contributed by atoms with van der Waals surface area (Å²) in [4.78, 5) is 5.00. The van der Waals surface area contributed by atoms with E-state index in [0.717, 1.165) is 31.1 Å². The molecule has 0 spiro atoms. The van der Waals surface area contributed by atoms with Crippen molar-refractivity contribution in [2.24, 2.45) is 0 Å². The van der Waals surface area contributed by atoms with E-state index in [4.69, 9.17) is 9.15 Å². The molecule has 1 fully saturated rings. The van der Waals surface area contributed by atoms with Crippen molar-refractivity contribution in [2.45, 2.75) is 51.6 Å². The topological polar surface area (TPSA) is 51.4 Å². The molecule has 3 heterocycles. The molecule has 23 heavy (non-hydrogen) atoms. The van der Waals surface area contributed by atoms with E-state index in [-0.39, 0.29) is 0 Å². The lowest BCUT2D eigenvalue weighted by atomic mass is 9.99. The molecular formula is C17H23N3O2S. The molecular weight excluding hydrogens is 310 g/mol. The van der Waals surface area contributed by atoms with E-state index in [1.54, 1.807) is 0 Å². The molecule has 5 nitrogen and oxygen atoms in total. The lowest BCUT2D eigenvalue weighted by Crippen LogP contribution is -2.33. The van der Waals surface area contributed by atoms with Crippen molar-refractivity contribution >= 4 is 11.3 Å². The summed E-state index contributed by atoms with van der Waals surface area (Å²) in [5.74, 6) is 1.39. The standard InChI is InChI=1S/C17H23N3O2S/c1-12-6-8-21-9-7-20(12)11-16-18-19-17(22-16)15-10-13-4-2-3-5-14(13)23-15/h10,12H,2-9,11H2,1H3/t12-/m1/s1. The van der Waals surface area contributed by atoms with Gasteiger partial charge in [0.25, 0.3) is 5.89 Å². The maximum atomic E-state index is 5.95. The summed E-state index contributed by atoms with van der Waals surface area (Å²) in [6, 6.07) is 2.74. The van der Waals surface area contributed by atoms with E-state index in [9.17, 15) is 0 Å². The highest BCUT2D eigenvalue weighted by molar-refractivity contribution is 7.15. The summed E-state index contributed by atoms with van der Waals surface area (Å²) in [7, 11) is 0. The molecule has 1 atom stereocenters. The zero-order chi connectivity index (χ0) is 15.6. The highest BCUT2D eigenvalue weighted by atomic mass is 32.1. The molecule has 0 amide bonds. The smallest absolute Gasteiger partial charge is 0.257 e. The van der Waals surface area contributed by atoms with Crippen molar-refractivity contribution < 1.29 is 9.15 Å². The van der Waals surface area contributed by atoms with E-state index in [0.29, 0.717) is 24.4 Å². The van der Waals surface area contributed by atoms with Gasteiger partial charge in [0.05, 0.1) is 18.0 Å². The van der Waals surface area contributed by atoms with Crippen LogP contribution in [0.3, 0.4) is 0 Å². The Morgan fingerprint density at radius 1 is 1.26 bits per heavy atom. The maximum Gasteiger partial charge on any atom is 0.257 e. The lowest BCUT2D eigenvalue weighted by Gasteiger charge is -2.23. The fraction of sp³-hybridized carbons (Fsp3) is 0.647. The minimum atomic E-state index is 0.488. The van der Waals surface area contributed by atoms with Gasteiger partial charge in [-0.1, -0.05) is 0 Å². The van der Waals surface area contributed by atoms with E-state index >= 15 is 0 Å². The van der Waals surface area contributed by atoms with Crippen LogP contribution in [0.2, 0.25) is 0 Å². The third kappa shape index (κ3) is 3.34. The Balaban J connectivity index is 1.49. The van der Waals surface area contributed by atoms with Crippen molar-refractivity contribution in [1.82, 2.24) is 15.1 Å². The normalized spacial score (nSPS) is 22.7. The van der Waals surface area contributed by atoms with Crippen molar-refractivity contribution in [1.29, 1.82) is 0 Å². The summed E-state index contributed by atoms with van der Waals surface area (Å²) < 4.78 is 11.5. The Morgan fingerprint density at radius 3 is 3.09 bits per heavy atom. The molecule has 0 aromatic carbocycles. The first-order chi connectivity index (χ1) is 11.3. The van der Waals surface area contributed by atoms with Gasteiger partial charge in [-0.15, -0.1) is 21.5 Å². The Labute approximate surface area is 140 Å². The third-order valence-electron chi connectivity index (χ3n) is 4.84. The Hall–Kier alpha value is -1.24. The average Bonchev–Trinajstić information content (AvgIpc) is 3.14. The number of thiophene rings is 1. The molecule has 1 aliphatic heterocycles. The number of hydrogen-bond donors (Lipinski definition) is 0. The van der Waals surface area contributed by atoms with Crippen molar-refractivity contribution in [3.63, 3.8) is 0 Å². The first-order valence-electron chi connectivity index (χ1n) is 8.56. The number of fused-ring (bicyclic) bond motifs is 1. The SMILES string of the molecule is C[C@@H]1CCOCCN1Cc1nnc(-c2cc3c(s2)CCCC3)o1. The molecule has 0 radical (unpaired) electrons. The minimum absolute atomic E-state index is 0.488. The summed E-state index contributed by atoms with van der Waals surface area (Å²) in [5, 5.41) is 8.55. The predicted octanol–water partition coefficient (Wildman–Crippen LogP) is 3.29. The van der Waals surface area contributed by atoms with E-state index in [1.807, 2.05) is 11.3 Å². The van der Waals surface area contributed by atoms with Crippen LogP contribution in [0.4, 0.5) is 0 Å². The highest BCUT2D eigenvalue weighted by Crippen LogP contribution is 2.35. The molecule has 4 rings (SSSR count). The molecule has 0 unspecified atom stereocenters. The van der Waals surface area contributed by atoms with Gasteiger partial charge in [-0.05, 0) is 50.7 Å². The van der Waals surface area contributed by atoms with E-state index in [2.05, 4.69) is 28.1 Å². The summed E-state index contributed by atoms with van der Waals surface area (Å²) in [6.45, 7) is 5.49. The highest BCUT2D eigenvalue weighted by Gasteiger charge is 2.21. The zero-order valence-electron chi connectivity index (χ0n) is 13.6. The van der Waals surface area contributed by atoms with Crippen molar-refractivity contribution in [3.8, 4) is 10.8 Å². The van der Waals surface area contributed by atoms with Gasteiger partial charge >= 0.3 is 0 Å². The van der Waals surface area contributed by atoms with Gasteiger partial charge in [0.2, 0.25) is 5.89 Å². The Bertz CT molecular complexity index is 643. The van der Waals surface area contributed by atoms with Crippen LogP contribution in [0.1, 0.15) is 42.5 Å². The number of rotatable bonds is 3. The third-order valence-corrected chi connectivity index (χ3v) is 6.06. The lowest BCUT2D eigenvalue weighted by molar-refractivity contribution is 0.136. The van der Waals surface area contributed by atoms with Gasteiger partial charge in [-0.3, -0.25) is 4.90 Å². The second kappa shape index (κ2) is 6.71. The molecule has 6 heteroatoms.